The number of fused-ring (bicyclic) bond motifs is 1. The zero-order valence-electron chi connectivity index (χ0n) is 5.78. The third kappa shape index (κ3) is 0.660. The Kier molecular flexibility index (Phi) is 1.08. The third-order valence-electron chi connectivity index (χ3n) is 1.66. The highest BCUT2D eigenvalue weighted by atomic mass is 15.4. The van der Waals surface area contributed by atoms with Crippen LogP contribution in [0.25, 0.3) is 0 Å². The molecule has 1 aliphatic heterocycles. The van der Waals surface area contributed by atoms with Crippen molar-refractivity contribution in [1.29, 1.82) is 0 Å². The fraction of sp³-hybridized carbons (Fsp3) is 0.125. The molecule has 0 spiro atoms. The van der Waals surface area contributed by atoms with Crippen molar-refractivity contribution in [2.75, 3.05) is 7.05 Å². The highest BCUT2D eigenvalue weighted by Crippen LogP contribution is 2.21. The van der Waals surface area contributed by atoms with Gasteiger partial charge in [-0.3, -0.25) is 0 Å². The lowest BCUT2D eigenvalue weighted by Gasteiger charge is -1.91. The lowest BCUT2D eigenvalue weighted by Crippen LogP contribution is -2.04. The van der Waals surface area contributed by atoms with E-state index < -0.39 is 0 Å². The van der Waals surface area contributed by atoms with E-state index in [0.29, 0.717) is 0 Å². The van der Waals surface area contributed by atoms with Gasteiger partial charge in [0, 0.05) is 11.1 Å². The van der Waals surface area contributed by atoms with E-state index in [1.807, 2.05) is 30.4 Å². The summed E-state index contributed by atoms with van der Waals surface area (Å²) in [7, 11) is 1.95. The predicted octanol–water partition coefficient (Wildman–Crippen LogP) is 1.44. The van der Waals surface area contributed by atoms with Crippen LogP contribution in [-0.2, 0) is 0 Å². The summed E-state index contributed by atoms with van der Waals surface area (Å²) in [5.74, 6) is 0. The molecule has 1 radical (unpaired) electrons. The van der Waals surface area contributed by atoms with Crippen LogP contribution in [0.4, 0.5) is 5.69 Å². The van der Waals surface area contributed by atoms with Crippen LogP contribution in [0.15, 0.2) is 29.4 Å². The van der Waals surface area contributed by atoms with Gasteiger partial charge in [0.1, 0.15) is 13.3 Å². The predicted molar refractivity (Wildman–Crippen MR) is 41.8 cm³/mol. The van der Waals surface area contributed by atoms with Crippen LogP contribution >= 0.6 is 0 Å². The number of hydrogen-bond acceptors (Lipinski definition) is 2. The molecule has 2 nitrogen and oxygen atoms in total. The minimum absolute atomic E-state index is 1.18. The van der Waals surface area contributed by atoms with Gasteiger partial charge in [-0.25, -0.2) is 0 Å². The lowest BCUT2D eigenvalue weighted by molar-refractivity contribution is 0.695. The Morgan fingerprint density at radius 3 is 2.90 bits per heavy atom. The van der Waals surface area contributed by atoms with Gasteiger partial charge in [0.05, 0.1) is 5.56 Å². The molecule has 0 aliphatic carbocycles. The van der Waals surface area contributed by atoms with Crippen LogP contribution in [0.1, 0.15) is 5.56 Å². The maximum Gasteiger partial charge on any atom is 0.220 e. The number of nitrogens with zero attached hydrogens (tertiary/aromatic N) is 2. The van der Waals surface area contributed by atoms with Crippen molar-refractivity contribution in [2.45, 2.75) is 0 Å². The van der Waals surface area contributed by atoms with E-state index in [1.54, 1.807) is 0 Å². The highest BCUT2D eigenvalue weighted by Gasteiger charge is 2.20. The first-order valence-corrected chi connectivity index (χ1v) is 3.25. The number of anilines is 1. The smallest absolute Gasteiger partial charge is 0.0611 e. The molecule has 10 heavy (non-hydrogen) atoms. The Bertz CT molecular complexity index is 278. The highest BCUT2D eigenvalue weighted by molar-refractivity contribution is 5.89. The quantitative estimate of drug-likeness (QED) is 0.475. The number of benzene rings is 1. The largest absolute Gasteiger partial charge is 0.220 e. The molecule has 1 aromatic carbocycles. The monoisotopic (exact) mass is 132 g/mol. The summed E-state index contributed by atoms with van der Waals surface area (Å²) < 4.78 is 0. The van der Waals surface area contributed by atoms with Gasteiger partial charge in [-0.1, -0.05) is 12.1 Å². The van der Waals surface area contributed by atoms with Crippen molar-refractivity contribution >= 4 is 11.9 Å². The molecule has 0 unspecified atom stereocenters. The molecule has 1 aliphatic rings. The molecule has 0 amide bonds. The zero-order chi connectivity index (χ0) is 6.97. The summed E-state index contributed by atoms with van der Waals surface area (Å²) in [6.45, 7) is 0. The van der Waals surface area contributed by atoms with Crippen molar-refractivity contribution in [3.63, 3.8) is 0 Å². The number of hydrazone groups is 1. The molecule has 1 aromatic rings. The van der Waals surface area contributed by atoms with E-state index in [-0.39, 0.29) is 0 Å². The average Bonchev–Trinajstić information content (AvgIpc) is 2.34. The Labute approximate surface area is 59.8 Å². The first kappa shape index (κ1) is 5.62. The lowest BCUT2D eigenvalue weighted by atomic mass is 10.2. The van der Waals surface area contributed by atoms with E-state index in [9.17, 15) is 0 Å². The van der Waals surface area contributed by atoms with Gasteiger partial charge in [0.2, 0.25) is 5.69 Å². The third-order valence-corrected chi connectivity index (χ3v) is 1.66. The standard InChI is InChI=1S/C8H8N2/c1-10-8-5-3-2-4-7(8)6-9-10/h2-6H,1H3/q+1. The SMILES string of the molecule is C[N+]1N=Cc2ccccc21. The van der Waals surface area contributed by atoms with Gasteiger partial charge in [-0.05, 0) is 11.2 Å². The topological polar surface area (TPSA) is 18.3 Å². The van der Waals surface area contributed by atoms with Crippen LogP contribution < -0.4 is 5.01 Å². The van der Waals surface area contributed by atoms with Crippen LogP contribution in [0.3, 0.4) is 0 Å². The van der Waals surface area contributed by atoms with Crippen LogP contribution in [-0.4, -0.2) is 13.3 Å². The first-order valence-electron chi connectivity index (χ1n) is 3.25. The maximum atomic E-state index is 4.11. The van der Waals surface area contributed by atoms with Gasteiger partial charge < -0.3 is 0 Å². The maximum absolute atomic E-state index is 4.11. The summed E-state index contributed by atoms with van der Waals surface area (Å²) in [5.41, 5.74) is 2.38. The zero-order valence-corrected chi connectivity index (χ0v) is 5.78. The second kappa shape index (κ2) is 1.92. The molecule has 1 heterocycles. The van der Waals surface area contributed by atoms with Crippen molar-refractivity contribution < 1.29 is 0 Å². The Morgan fingerprint density at radius 1 is 1.30 bits per heavy atom. The molecule has 49 valence electrons. The summed E-state index contributed by atoms with van der Waals surface area (Å²) in [4.78, 5) is 0. The van der Waals surface area contributed by atoms with Crippen molar-refractivity contribution in [2.24, 2.45) is 5.10 Å². The molecule has 0 atom stereocenters. The second-order valence-corrected chi connectivity index (χ2v) is 2.33. The second-order valence-electron chi connectivity index (χ2n) is 2.33. The van der Waals surface area contributed by atoms with E-state index in [4.69, 9.17) is 0 Å². The van der Waals surface area contributed by atoms with E-state index in [2.05, 4.69) is 17.2 Å². The summed E-state index contributed by atoms with van der Waals surface area (Å²) >= 11 is 0. The fourth-order valence-corrected chi connectivity index (χ4v) is 1.10. The van der Waals surface area contributed by atoms with Crippen LogP contribution in [0.2, 0.25) is 0 Å². The molecule has 0 N–H and O–H groups in total. The number of hydrogen-bond donors (Lipinski definition) is 0. The Balaban J connectivity index is 2.59. The van der Waals surface area contributed by atoms with Gasteiger partial charge in [-0.2, -0.15) is 0 Å². The molecule has 0 saturated heterocycles. The minimum Gasteiger partial charge on any atom is -0.0611 e. The van der Waals surface area contributed by atoms with E-state index in [0.717, 1.165) is 0 Å². The van der Waals surface area contributed by atoms with Crippen LogP contribution in [0.5, 0.6) is 0 Å². The normalized spacial score (nSPS) is 15.7. The molecule has 0 fully saturated rings. The van der Waals surface area contributed by atoms with Crippen molar-refractivity contribution in [1.82, 2.24) is 5.01 Å². The van der Waals surface area contributed by atoms with Crippen LogP contribution in [0, 0.1) is 0 Å². The van der Waals surface area contributed by atoms with Crippen molar-refractivity contribution in [3.05, 3.63) is 29.8 Å². The van der Waals surface area contributed by atoms with Crippen molar-refractivity contribution in [3.8, 4) is 0 Å². The summed E-state index contributed by atoms with van der Waals surface area (Å²) in [6.07, 6.45) is 1.87. The molecule has 2 rings (SSSR count). The molecule has 0 aromatic heterocycles. The fourth-order valence-electron chi connectivity index (χ4n) is 1.10. The Morgan fingerprint density at radius 2 is 2.10 bits per heavy atom. The van der Waals surface area contributed by atoms with E-state index >= 15 is 0 Å². The van der Waals surface area contributed by atoms with Gasteiger partial charge in [0.15, 0.2) is 0 Å². The average molecular weight is 132 g/mol. The molecule has 0 saturated carbocycles. The van der Waals surface area contributed by atoms with E-state index in [1.165, 1.54) is 11.3 Å². The Hall–Kier alpha value is -1.15. The molecular formula is C8H8N2+. The van der Waals surface area contributed by atoms with Gasteiger partial charge in [0.25, 0.3) is 0 Å². The molecule has 0 bridgehead atoms. The summed E-state index contributed by atoms with van der Waals surface area (Å²) in [5, 5.41) is 5.98. The first-order chi connectivity index (χ1) is 4.88. The molecular weight excluding hydrogens is 124 g/mol. The minimum atomic E-state index is 1.18. The van der Waals surface area contributed by atoms with Gasteiger partial charge in [-0.15, -0.1) is 0 Å². The number of rotatable bonds is 0. The van der Waals surface area contributed by atoms with Gasteiger partial charge >= 0.3 is 0 Å². The number of para-hydroxylation sites is 1. The summed E-state index contributed by atoms with van der Waals surface area (Å²) in [6, 6.07) is 8.15. The molecule has 2 heteroatoms.